The Bertz CT molecular complexity index is 591. The van der Waals surface area contributed by atoms with Crippen molar-refractivity contribution in [1.82, 2.24) is 9.62 Å². The fraction of sp³-hybridized carbons (Fsp3) is 0.500. The second kappa shape index (κ2) is 7.17. The molecular formula is C12H18ClN3O4S. The first-order chi connectivity index (χ1) is 9.42. The fourth-order valence-corrected chi connectivity index (χ4v) is 3.82. The summed E-state index contributed by atoms with van der Waals surface area (Å²) in [5, 5.41) is 13.6. The summed E-state index contributed by atoms with van der Waals surface area (Å²) in [6.45, 7) is 0.993. The minimum Gasteiger partial charge on any atom is -0.316 e. The Morgan fingerprint density at radius 3 is 2.48 bits per heavy atom. The molecule has 0 saturated carbocycles. The van der Waals surface area contributed by atoms with Crippen LogP contribution in [0.1, 0.15) is 12.0 Å². The fourth-order valence-electron chi connectivity index (χ4n) is 2.23. The number of nitrogens with one attached hydrogen (secondary N) is 1. The Labute approximate surface area is 129 Å². The van der Waals surface area contributed by atoms with Crippen LogP contribution in [0.2, 0.25) is 0 Å². The molecule has 0 radical (unpaired) electrons. The summed E-state index contributed by atoms with van der Waals surface area (Å²) in [6.07, 6.45) is 0.802. The lowest BCUT2D eigenvalue weighted by atomic mass is 10.2. The maximum Gasteiger partial charge on any atom is 0.269 e. The smallest absolute Gasteiger partial charge is 0.269 e. The Hall–Kier alpha value is -1.22. The average Bonchev–Trinajstić information content (AvgIpc) is 2.88. The largest absolute Gasteiger partial charge is 0.316 e. The van der Waals surface area contributed by atoms with Crippen LogP contribution in [0, 0.1) is 10.1 Å². The van der Waals surface area contributed by atoms with Crippen LogP contribution in [0.5, 0.6) is 0 Å². The minimum atomic E-state index is -3.37. The van der Waals surface area contributed by atoms with Gasteiger partial charge in [0.05, 0.1) is 10.7 Å². The van der Waals surface area contributed by atoms with E-state index in [0.717, 1.165) is 6.42 Å². The molecule has 7 nitrogen and oxygen atoms in total. The molecule has 0 spiro atoms. The average molecular weight is 336 g/mol. The topological polar surface area (TPSA) is 92.6 Å². The number of likely N-dealkylation sites (N-methyl/N-ethyl adjacent to an activating group) is 1. The van der Waals surface area contributed by atoms with Gasteiger partial charge in [0.25, 0.3) is 5.69 Å². The van der Waals surface area contributed by atoms with Crippen molar-refractivity contribution >= 4 is 28.1 Å². The molecule has 1 atom stereocenters. The zero-order valence-electron chi connectivity index (χ0n) is 11.6. The number of hydrogen-bond donors (Lipinski definition) is 1. The molecule has 0 aromatic heterocycles. The van der Waals surface area contributed by atoms with Gasteiger partial charge in [0.15, 0.2) is 0 Å². The van der Waals surface area contributed by atoms with Crippen molar-refractivity contribution in [1.29, 1.82) is 0 Å². The Balaban J connectivity index is 0.00000220. The van der Waals surface area contributed by atoms with Crippen LogP contribution in [-0.2, 0) is 15.8 Å². The molecule has 1 heterocycles. The number of benzene rings is 1. The standard InChI is InChI=1S/C12H17N3O4S.ClH/c1-13-11-6-7-14(8-11)20(18,19)9-10-2-4-12(5-3-10)15(16)17;/h2-5,11,13H,6-9H2,1H3;1H. The van der Waals surface area contributed by atoms with Gasteiger partial charge in [-0.2, -0.15) is 0 Å². The van der Waals surface area contributed by atoms with E-state index in [1.165, 1.54) is 28.6 Å². The van der Waals surface area contributed by atoms with E-state index in [1.54, 1.807) is 0 Å². The lowest BCUT2D eigenvalue weighted by Gasteiger charge is -2.16. The van der Waals surface area contributed by atoms with Gasteiger partial charge >= 0.3 is 0 Å². The van der Waals surface area contributed by atoms with Gasteiger partial charge in [-0.1, -0.05) is 12.1 Å². The highest BCUT2D eigenvalue weighted by atomic mass is 35.5. The van der Waals surface area contributed by atoms with E-state index in [1.807, 2.05) is 7.05 Å². The first-order valence-electron chi connectivity index (χ1n) is 6.31. The normalized spacial score (nSPS) is 19.2. The maximum atomic E-state index is 12.2. The van der Waals surface area contributed by atoms with Gasteiger partial charge in [0, 0.05) is 31.3 Å². The van der Waals surface area contributed by atoms with Gasteiger partial charge in [0.1, 0.15) is 0 Å². The number of nitro benzene ring substituents is 1. The van der Waals surface area contributed by atoms with Crippen LogP contribution in [0.3, 0.4) is 0 Å². The summed E-state index contributed by atoms with van der Waals surface area (Å²) in [5.74, 6) is -0.124. The van der Waals surface area contributed by atoms with Gasteiger partial charge in [-0.25, -0.2) is 12.7 Å². The molecule has 1 aliphatic rings. The van der Waals surface area contributed by atoms with E-state index < -0.39 is 14.9 Å². The van der Waals surface area contributed by atoms with Crippen molar-refractivity contribution in [2.45, 2.75) is 18.2 Å². The minimum absolute atomic E-state index is 0. The number of hydrogen-bond acceptors (Lipinski definition) is 5. The van der Waals surface area contributed by atoms with Crippen LogP contribution in [0.15, 0.2) is 24.3 Å². The second-order valence-electron chi connectivity index (χ2n) is 4.81. The molecule has 2 rings (SSSR count). The maximum absolute atomic E-state index is 12.2. The highest BCUT2D eigenvalue weighted by Gasteiger charge is 2.30. The van der Waals surface area contributed by atoms with E-state index in [2.05, 4.69) is 5.32 Å². The molecule has 0 aliphatic carbocycles. The predicted octanol–water partition coefficient (Wildman–Crippen LogP) is 1.14. The monoisotopic (exact) mass is 335 g/mol. The lowest BCUT2D eigenvalue weighted by Crippen LogP contribution is -2.34. The Morgan fingerprint density at radius 2 is 2.00 bits per heavy atom. The summed E-state index contributed by atoms with van der Waals surface area (Å²) >= 11 is 0. The zero-order valence-corrected chi connectivity index (χ0v) is 13.2. The van der Waals surface area contributed by atoms with Crippen molar-refractivity contribution in [2.24, 2.45) is 0 Å². The molecule has 0 bridgehead atoms. The third kappa shape index (κ3) is 4.37. The molecule has 21 heavy (non-hydrogen) atoms. The van der Waals surface area contributed by atoms with Crippen molar-refractivity contribution in [3.05, 3.63) is 39.9 Å². The van der Waals surface area contributed by atoms with E-state index in [-0.39, 0.29) is 29.9 Å². The molecule has 118 valence electrons. The van der Waals surface area contributed by atoms with Crippen LogP contribution < -0.4 is 5.32 Å². The molecule has 1 saturated heterocycles. The highest BCUT2D eigenvalue weighted by Crippen LogP contribution is 2.19. The number of rotatable bonds is 5. The third-order valence-electron chi connectivity index (χ3n) is 3.45. The number of non-ortho nitro benzene ring substituents is 1. The van der Waals surface area contributed by atoms with Gasteiger partial charge in [-0.15, -0.1) is 12.4 Å². The zero-order chi connectivity index (χ0) is 14.8. The van der Waals surface area contributed by atoms with Crippen molar-refractivity contribution < 1.29 is 13.3 Å². The van der Waals surface area contributed by atoms with Gasteiger partial charge in [0.2, 0.25) is 10.0 Å². The van der Waals surface area contributed by atoms with E-state index in [0.29, 0.717) is 18.7 Å². The molecule has 1 aliphatic heterocycles. The van der Waals surface area contributed by atoms with Gasteiger partial charge in [-0.3, -0.25) is 10.1 Å². The van der Waals surface area contributed by atoms with E-state index >= 15 is 0 Å². The van der Waals surface area contributed by atoms with Crippen molar-refractivity contribution in [2.75, 3.05) is 20.1 Å². The van der Waals surface area contributed by atoms with Crippen molar-refractivity contribution in [3.8, 4) is 0 Å². The summed E-state index contributed by atoms with van der Waals surface area (Å²) in [5.41, 5.74) is 0.520. The lowest BCUT2D eigenvalue weighted by molar-refractivity contribution is -0.384. The molecular weight excluding hydrogens is 318 g/mol. The molecule has 1 N–H and O–H groups in total. The number of sulfonamides is 1. The SMILES string of the molecule is CNC1CCN(S(=O)(=O)Cc2ccc([N+](=O)[O-])cc2)C1.Cl. The number of nitro groups is 1. The second-order valence-corrected chi connectivity index (χ2v) is 6.78. The van der Waals surface area contributed by atoms with Crippen molar-refractivity contribution in [3.63, 3.8) is 0 Å². The van der Waals surface area contributed by atoms with Crippen LogP contribution in [0.25, 0.3) is 0 Å². The quantitative estimate of drug-likeness (QED) is 0.643. The summed E-state index contributed by atoms with van der Waals surface area (Å²) in [4.78, 5) is 10.0. The van der Waals surface area contributed by atoms with E-state index in [4.69, 9.17) is 0 Å². The van der Waals surface area contributed by atoms with E-state index in [9.17, 15) is 18.5 Å². The first kappa shape index (κ1) is 17.8. The van der Waals surface area contributed by atoms with Gasteiger partial charge in [-0.05, 0) is 19.0 Å². The molecule has 9 heteroatoms. The molecule has 1 aromatic rings. The van der Waals surface area contributed by atoms with Crippen LogP contribution >= 0.6 is 12.4 Å². The summed E-state index contributed by atoms with van der Waals surface area (Å²) < 4.78 is 26.0. The predicted molar refractivity (Wildman–Crippen MR) is 82.0 cm³/mol. The third-order valence-corrected chi connectivity index (χ3v) is 5.27. The Morgan fingerprint density at radius 1 is 1.38 bits per heavy atom. The highest BCUT2D eigenvalue weighted by molar-refractivity contribution is 7.88. The van der Waals surface area contributed by atoms with Crippen LogP contribution in [0.4, 0.5) is 5.69 Å². The number of halogens is 1. The van der Waals surface area contributed by atoms with Crippen LogP contribution in [-0.4, -0.2) is 43.8 Å². The molecule has 1 aromatic carbocycles. The molecule has 1 fully saturated rings. The first-order valence-corrected chi connectivity index (χ1v) is 7.92. The summed E-state index contributed by atoms with van der Waals surface area (Å²) in [6, 6.07) is 5.82. The number of nitrogens with zero attached hydrogens (tertiary/aromatic N) is 2. The van der Waals surface area contributed by atoms with Gasteiger partial charge < -0.3 is 5.32 Å². The molecule has 0 amide bonds. The Kier molecular flexibility index (Phi) is 6.09. The summed E-state index contributed by atoms with van der Waals surface area (Å²) in [7, 11) is -1.55. The molecule has 1 unspecified atom stereocenters.